The van der Waals surface area contributed by atoms with Crippen LogP contribution >= 0.6 is 24.0 Å². The lowest BCUT2D eigenvalue weighted by Crippen LogP contribution is -2.12. The highest BCUT2D eigenvalue weighted by Crippen LogP contribution is 2.10. The summed E-state index contributed by atoms with van der Waals surface area (Å²) in [4.78, 5) is 3.96. The first-order valence-corrected chi connectivity index (χ1v) is 4.02. The lowest BCUT2D eigenvalue weighted by Gasteiger charge is -2.01. The van der Waals surface area contributed by atoms with Crippen molar-refractivity contribution in [2.75, 3.05) is 6.54 Å². The van der Waals surface area contributed by atoms with Crippen LogP contribution in [0.2, 0.25) is 5.15 Å². The Morgan fingerprint density at radius 2 is 2.33 bits per heavy atom. The second-order valence-electron chi connectivity index (χ2n) is 2.23. The predicted molar refractivity (Wildman–Crippen MR) is 53.9 cm³/mol. The predicted octanol–water partition coefficient (Wildman–Crippen LogP) is 2.27. The molecule has 0 unspecified atom stereocenters. The lowest BCUT2D eigenvalue weighted by molar-refractivity contribution is 0.724. The van der Waals surface area contributed by atoms with Crippen LogP contribution in [0.4, 0.5) is 0 Å². The molecule has 1 rings (SSSR count). The van der Waals surface area contributed by atoms with E-state index in [1.54, 1.807) is 6.20 Å². The van der Waals surface area contributed by atoms with E-state index in [4.69, 9.17) is 11.6 Å². The monoisotopic (exact) mass is 206 g/mol. The number of hydrogen-bond donors (Lipinski definition) is 1. The topological polar surface area (TPSA) is 24.9 Å². The molecule has 0 saturated carbocycles. The summed E-state index contributed by atoms with van der Waals surface area (Å²) in [7, 11) is 0. The molecule has 0 aliphatic carbocycles. The van der Waals surface area contributed by atoms with Gasteiger partial charge in [0.1, 0.15) is 5.15 Å². The number of halogens is 2. The smallest absolute Gasteiger partial charge is 0.133 e. The molecule has 0 amide bonds. The van der Waals surface area contributed by atoms with E-state index in [9.17, 15) is 0 Å². The third-order valence-electron chi connectivity index (χ3n) is 1.40. The maximum absolute atomic E-state index is 5.81. The third kappa shape index (κ3) is 3.39. The number of rotatable bonds is 3. The van der Waals surface area contributed by atoms with Crippen molar-refractivity contribution in [1.29, 1.82) is 0 Å². The molecule has 0 radical (unpaired) electrons. The Morgan fingerprint density at radius 3 is 2.92 bits per heavy atom. The minimum Gasteiger partial charge on any atom is -0.313 e. The number of pyridine rings is 1. The van der Waals surface area contributed by atoms with E-state index >= 15 is 0 Å². The fourth-order valence-electron chi connectivity index (χ4n) is 0.811. The van der Waals surface area contributed by atoms with E-state index < -0.39 is 0 Å². The standard InChI is InChI=1S/C8H11ClN2.ClH/c1-2-10-6-7-4-3-5-11-8(7)9;/h3-5,10H,2,6H2,1H3;1H. The van der Waals surface area contributed by atoms with Gasteiger partial charge in [0.2, 0.25) is 0 Å². The molecule has 1 aromatic heterocycles. The van der Waals surface area contributed by atoms with Gasteiger partial charge in [-0.05, 0) is 12.6 Å². The molecule has 1 aromatic rings. The van der Waals surface area contributed by atoms with Crippen LogP contribution in [0.1, 0.15) is 12.5 Å². The Morgan fingerprint density at radius 1 is 1.58 bits per heavy atom. The third-order valence-corrected chi connectivity index (χ3v) is 1.74. The van der Waals surface area contributed by atoms with Crippen LogP contribution in [0.3, 0.4) is 0 Å². The quantitative estimate of drug-likeness (QED) is 0.769. The van der Waals surface area contributed by atoms with Crippen LogP contribution < -0.4 is 5.32 Å². The summed E-state index contributed by atoms with van der Waals surface area (Å²) in [6.45, 7) is 3.80. The van der Waals surface area contributed by atoms with Crippen LogP contribution in [-0.4, -0.2) is 11.5 Å². The molecule has 68 valence electrons. The zero-order valence-corrected chi connectivity index (χ0v) is 8.45. The maximum Gasteiger partial charge on any atom is 0.133 e. The minimum atomic E-state index is 0. The Balaban J connectivity index is 0.00000121. The van der Waals surface area contributed by atoms with Crippen LogP contribution in [0.15, 0.2) is 18.3 Å². The highest BCUT2D eigenvalue weighted by atomic mass is 35.5. The summed E-state index contributed by atoms with van der Waals surface area (Å²) in [5.41, 5.74) is 1.05. The van der Waals surface area contributed by atoms with Gasteiger partial charge in [-0.25, -0.2) is 4.98 Å². The number of aromatic nitrogens is 1. The van der Waals surface area contributed by atoms with E-state index in [2.05, 4.69) is 17.2 Å². The second kappa shape index (κ2) is 6.23. The molecule has 1 N–H and O–H groups in total. The fourth-order valence-corrected chi connectivity index (χ4v) is 0.997. The van der Waals surface area contributed by atoms with E-state index in [-0.39, 0.29) is 12.4 Å². The maximum atomic E-state index is 5.81. The summed E-state index contributed by atoms with van der Waals surface area (Å²) in [6.07, 6.45) is 1.69. The molecule has 0 aliphatic heterocycles. The number of hydrogen-bond acceptors (Lipinski definition) is 2. The number of nitrogens with one attached hydrogen (secondary N) is 1. The van der Waals surface area contributed by atoms with Gasteiger partial charge < -0.3 is 5.32 Å². The lowest BCUT2D eigenvalue weighted by atomic mass is 10.3. The summed E-state index contributed by atoms with van der Waals surface area (Å²) < 4.78 is 0. The molecular formula is C8H12Cl2N2. The fraction of sp³-hybridized carbons (Fsp3) is 0.375. The Bertz CT molecular complexity index is 228. The van der Waals surface area contributed by atoms with Crippen molar-refractivity contribution in [1.82, 2.24) is 10.3 Å². The molecule has 0 atom stereocenters. The average molecular weight is 207 g/mol. The molecule has 0 spiro atoms. The highest BCUT2D eigenvalue weighted by molar-refractivity contribution is 6.30. The van der Waals surface area contributed by atoms with Gasteiger partial charge in [0.15, 0.2) is 0 Å². The minimum absolute atomic E-state index is 0. The first-order chi connectivity index (χ1) is 5.34. The van der Waals surface area contributed by atoms with Crippen LogP contribution in [0, 0.1) is 0 Å². The Labute approximate surface area is 83.8 Å². The van der Waals surface area contributed by atoms with E-state index in [0.717, 1.165) is 18.7 Å². The van der Waals surface area contributed by atoms with Crippen molar-refractivity contribution in [3.05, 3.63) is 29.0 Å². The molecule has 1 heterocycles. The molecule has 0 fully saturated rings. The van der Waals surface area contributed by atoms with Crippen LogP contribution in [0.25, 0.3) is 0 Å². The van der Waals surface area contributed by atoms with E-state index in [1.807, 2.05) is 12.1 Å². The first-order valence-electron chi connectivity index (χ1n) is 3.64. The van der Waals surface area contributed by atoms with Crippen molar-refractivity contribution in [3.8, 4) is 0 Å². The van der Waals surface area contributed by atoms with Gasteiger partial charge in [0, 0.05) is 18.3 Å². The SMILES string of the molecule is CCNCc1cccnc1Cl.Cl. The summed E-state index contributed by atoms with van der Waals surface area (Å²) >= 11 is 5.81. The molecular weight excluding hydrogens is 195 g/mol. The molecule has 4 heteroatoms. The van der Waals surface area contributed by atoms with Crippen molar-refractivity contribution < 1.29 is 0 Å². The number of nitrogens with zero attached hydrogens (tertiary/aromatic N) is 1. The normalized spacial score (nSPS) is 9.17. The summed E-state index contributed by atoms with van der Waals surface area (Å²) in [5.74, 6) is 0. The zero-order chi connectivity index (χ0) is 8.10. The van der Waals surface area contributed by atoms with Crippen molar-refractivity contribution in [2.24, 2.45) is 0 Å². The van der Waals surface area contributed by atoms with E-state index in [1.165, 1.54) is 0 Å². The average Bonchev–Trinajstić information content (AvgIpc) is 2.03. The van der Waals surface area contributed by atoms with Gasteiger partial charge in [-0.15, -0.1) is 12.4 Å². The Kier molecular flexibility index (Phi) is 6.07. The Hall–Kier alpha value is -0.310. The van der Waals surface area contributed by atoms with Gasteiger partial charge in [0.25, 0.3) is 0 Å². The van der Waals surface area contributed by atoms with E-state index in [0.29, 0.717) is 5.15 Å². The highest BCUT2D eigenvalue weighted by Gasteiger charge is 1.96. The second-order valence-corrected chi connectivity index (χ2v) is 2.59. The van der Waals surface area contributed by atoms with Crippen molar-refractivity contribution in [2.45, 2.75) is 13.5 Å². The first kappa shape index (κ1) is 11.7. The molecule has 0 aliphatic rings. The molecule has 0 saturated heterocycles. The van der Waals surface area contributed by atoms with Crippen LogP contribution in [0.5, 0.6) is 0 Å². The zero-order valence-electron chi connectivity index (χ0n) is 6.88. The van der Waals surface area contributed by atoms with Crippen LogP contribution in [-0.2, 0) is 6.54 Å². The molecule has 0 bridgehead atoms. The van der Waals surface area contributed by atoms with Crippen molar-refractivity contribution >= 4 is 24.0 Å². The largest absolute Gasteiger partial charge is 0.313 e. The summed E-state index contributed by atoms with van der Waals surface area (Å²) in [6, 6.07) is 3.86. The van der Waals surface area contributed by atoms with Crippen molar-refractivity contribution in [3.63, 3.8) is 0 Å². The molecule has 12 heavy (non-hydrogen) atoms. The molecule has 0 aromatic carbocycles. The summed E-state index contributed by atoms with van der Waals surface area (Å²) in [5, 5.41) is 3.77. The molecule has 2 nitrogen and oxygen atoms in total. The van der Waals surface area contributed by atoms with Gasteiger partial charge in [-0.2, -0.15) is 0 Å². The van der Waals surface area contributed by atoms with Gasteiger partial charge in [-0.3, -0.25) is 0 Å². The van der Waals surface area contributed by atoms with Gasteiger partial charge in [0.05, 0.1) is 0 Å². The van der Waals surface area contributed by atoms with Gasteiger partial charge in [-0.1, -0.05) is 24.6 Å². The van der Waals surface area contributed by atoms with Gasteiger partial charge >= 0.3 is 0 Å².